The summed E-state index contributed by atoms with van der Waals surface area (Å²) in [7, 11) is 0. The number of hydrogen-bond donors (Lipinski definition) is 1. The predicted octanol–water partition coefficient (Wildman–Crippen LogP) is 2.42. The minimum atomic E-state index is -1.06. The van der Waals surface area contributed by atoms with Crippen molar-refractivity contribution in [1.29, 1.82) is 0 Å². The van der Waals surface area contributed by atoms with E-state index in [4.69, 9.17) is 5.11 Å². The van der Waals surface area contributed by atoms with Crippen LogP contribution in [-0.2, 0) is 5.54 Å². The first-order valence-electron chi connectivity index (χ1n) is 5.65. The number of rotatable bonds is 2. The maximum atomic E-state index is 12.0. The SMILES string of the molecule is CC(C)c1cc(C(=O)O)cc(=O)n1C(C)(C)C. The third-order valence-corrected chi connectivity index (χ3v) is 2.57. The molecular weight excluding hydrogens is 218 g/mol. The molecule has 1 N–H and O–H groups in total. The molecule has 0 saturated carbocycles. The molecule has 0 aliphatic rings. The fourth-order valence-electron chi connectivity index (χ4n) is 1.86. The summed E-state index contributed by atoms with van der Waals surface area (Å²) in [4.78, 5) is 23.0. The van der Waals surface area contributed by atoms with Gasteiger partial charge in [0.25, 0.3) is 5.56 Å². The van der Waals surface area contributed by atoms with Crippen LogP contribution in [0.25, 0.3) is 0 Å². The fourth-order valence-corrected chi connectivity index (χ4v) is 1.86. The number of hydrogen-bond acceptors (Lipinski definition) is 2. The van der Waals surface area contributed by atoms with Crippen LogP contribution in [0.2, 0.25) is 0 Å². The molecule has 0 spiro atoms. The van der Waals surface area contributed by atoms with Gasteiger partial charge in [0.05, 0.1) is 5.56 Å². The number of carboxylic acid groups (broad SMARTS) is 1. The average Bonchev–Trinajstić information content (AvgIpc) is 2.13. The Kier molecular flexibility index (Phi) is 3.45. The minimum absolute atomic E-state index is 0.0548. The number of carboxylic acids is 1. The van der Waals surface area contributed by atoms with Crippen LogP contribution in [0.5, 0.6) is 0 Å². The first-order valence-corrected chi connectivity index (χ1v) is 5.65. The Morgan fingerprint density at radius 1 is 1.29 bits per heavy atom. The quantitative estimate of drug-likeness (QED) is 0.859. The Labute approximate surface area is 101 Å². The van der Waals surface area contributed by atoms with Crippen molar-refractivity contribution in [2.75, 3.05) is 0 Å². The lowest BCUT2D eigenvalue weighted by Gasteiger charge is -2.28. The van der Waals surface area contributed by atoms with Crippen LogP contribution in [0, 0.1) is 0 Å². The van der Waals surface area contributed by atoms with Gasteiger partial charge in [0.15, 0.2) is 0 Å². The summed E-state index contributed by atoms with van der Waals surface area (Å²) in [6.45, 7) is 9.69. The van der Waals surface area contributed by atoms with Crippen LogP contribution < -0.4 is 5.56 Å². The lowest BCUT2D eigenvalue weighted by molar-refractivity contribution is 0.0696. The molecule has 17 heavy (non-hydrogen) atoms. The average molecular weight is 237 g/mol. The van der Waals surface area contributed by atoms with Gasteiger partial charge in [-0.25, -0.2) is 4.79 Å². The molecule has 0 amide bonds. The summed E-state index contributed by atoms with van der Waals surface area (Å²) >= 11 is 0. The molecule has 0 aromatic carbocycles. The molecule has 0 bridgehead atoms. The first-order chi connectivity index (χ1) is 7.64. The Morgan fingerprint density at radius 3 is 2.18 bits per heavy atom. The molecule has 0 unspecified atom stereocenters. The molecule has 0 saturated heterocycles. The van der Waals surface area contributed by atoms with Crippen LogP contribution >= 0.6 is 0 Å². The molecule has 1 aromatic heterocycles. The number of pyridine rings is 1. The highest BCUT2D eigenvalue weighted by atomic mass is 16.4. The molecule has 94 valence electrons. The van der Waals surface area contributed by atoms with E-state index >= 15 is 0 Å². The molecule has 1 rings (SSSR count). The standard InChI is InChI=1S/C13H19NO3/c1-8(2)10-6-9(12(16)17)7-11(15)14(10)13(3,4)5/h6-8H,1-5H3,(H,16,17). The summed E-state index contributed by atoms with van der Waals surface area (Å²) in [5.74, 6) is -0.966. The van der Waals surface area contributed by atoms with Gasteiger partial charge in [-0.05, 0) is 32.8 Å². The number of aromatic nitrogens is 1. The molecule has 4 heteroatoms. The van der Waals surface area contributed by atoms with Crippen molar-refractivity contribution in [1.82, 2.24) is 4.57 Å². The molecule has 0 aliphatic heterocycles. The Balaban J connectivity index is 3.62. The van der Waals surface area contributed by atoms with E-state index in [0.717, 1.165) is 5.69 Å². The first kappa shape index (κ1) is 13.5. The van der Waals surface area contributed by atoms with Gasteiger partial charge in [0, 0.05) is 17.3 Å². The van der Waals surface area contributed by atoms with E-state index in [-0.39, 0.29) is 22.6 Å². The van der Waals surface area contributed by atoms with Crippen LogP contribution in [0.1, 0.15) is 56.6 Å². The van der Waals surface area contributed by atoms with Gasteiger partial charge in [-0.15, -0.1) is 0 Å². The Hall–Kier alpha value is -1.58. The Morgan fingerprint density at radius 2 is 1.82 bits per heavy atom. The van der Waals surface area contributed by atoms with Crippen LogP contribution in [-0.4, -0.2) is 15.6 Å². The molecule has 0 radical (unpaired) electrons. The monoisotopic (exact) mass is 237 g/mol. The lowest BCUT2D eigenvalue weighted by atomic mass is 10.0. The van der Waals surface area contributed by atoms with Crippen molar-refractivity contribution in [2.45, 2.75) is 46.1 Å². The minimum Gasteiger partial charge on any atom is -0.478 e. The number of carbonyl (C=O) groups is 1. The second kappa shape index (κ2) is 4.35. The van der Waals surface area contributed by atoms with Crippen molar-refractivity contribution in [3.63, 3.8) is 0 Å². The Bertz CT molecular complexity index is 492. The van der Waals surface area contributed by atoms with E-state index in [0.29, 0.717) is 0 Å². The number of aromatic carboxylic acids is 1. The normalized spacial score (nSPS) is 11.9. The summed E-state index contributed by atoms with van der Waals surface area (Å²) in [6.07, 6.45) is 0. The molecular formula is C13H19NO3. The third-order valence-electron chi connectivity index (χ3n) is 2.57. The van der Waals surface area contributed by atoms with Crippen molar-refractivity contribution < 1.29 is 9.90 Å². The van der Waals surface area contributed by atoms with Crippen molar-refractivity contribution in [3.8, 4) is 0 Å². The molecule has 1 heterocycles. The maximum absolute atomic E-state index is 12.0. The van der Waals surface area contributed by atoms with Gasteiger partial charge in [-0.2, -0.15) is 0 Å². The molecule has 1 aromatic rings. The van der Waals surface area contributed by atoms with E-state index in [1.54, 1.807) is 10.6 Å². The smallest absolute Gasteiger partial charge is 0.335 e. The van der Waals surface area contributed by atoms with Crippen LogP contribution in [0.15, 0.2) is 16.9 Å². The topological polar surface area (TPSA) is 59.3 Å². The summed E-state index contributed by atoms with van der Waals surface area (Å²) in [5, 5.41) is 8.96. The summed E-state index contributed by atoms with van der Waals surface area (Å²) < 4.78 is 1.66. The van der Waals surface area contributed by atoms with Crippen LogP contribution in [0.4, 0.5) is 0 Å². The third kappa shape index (κ3) is 2.75. The van der Waals surface area contributed by atoms with E-state index < -0.39 is 5.97 Å². The highest BCUT2D eigenvalue weighted by Crippen LogP contribution is 2.21. The van der Waals surface area contributed by atoms with Gasteiger partial charge in [-0.1, -0.05) is 13.8 Å². The molecule has 0 aliphatic carbocycles. The fraction of sp³-hybridized carbons (Fsp3) is 0.538. The second-order valence-electron chi connectivity index (χ2n) is 5.47. The van der Waals surface area contributed by atoms with Gasteiger partial charge < -0.3 is 9.67 Å². The van der Waals surface area contributed by atoms with E-state index in [2.05, 4.69) is 0 Å². The van der Waals surface area contributed by atoms with E-state index in [1.807, 2.05) is 34.6 Å². The van der Waals surface area contributed by atoms with E-state index in [1.165, 1.54) is 6.07 Å². The van der Waals surface area contributed by atoms with E-state index in [9.17, 15) is 9.59 Å². The van der Waals surface area contributed by atoms with Gasteiger partial charge in [0.1, 0.15) is 0 Å². The lowest BCUT2D eigenvalue weighted by Crippen LogP contribution is -2.36. The number of nitrogens with zero attached hydrogens (tertiary/aromatic N) is 1. The van der Waals surface area contributed by atoms with Gasteiger partial charge in [0.2, 0.25) is 0 Å². The molecule has 0 fully saturated rings. The highest BCUT2D eigenvalue weighted by Gasteiger charge is 2.21. The highest BCUT2D eigenvalue weighted by molar-refractivity contribution is 5.87. The van der Waals surface area contributed by atoms with Gasteiger partial charge in [-0.3, -0.25) is 4.79 Å². The zero-order chi connectivity index (χ0) is 13.4. The van der Waals surface area contributed by atoms with Gasteiger partial charge >= 0.3 is 5.97 Å². The van der Waals surface area contributed by atoms with Crippen molar-refractivity contribution >= 4 is 5.97 Å². The second-order valence-corrected chi connectivity index (χ2v) is 5.47. The van der Waals surface area contributed by atoms with Crippen molar-refractivity contribution in [2.24, 2.45) is 0 Å². The predicted molar refractivity (Wildman–Crippen MR) is 66.7 cm³/mol. The summed E-state index contributed by atoms with van der Waals surface area (Å²) in [5.41, 5.74) is 0.191. The van der Waals surface area contributed by atoms with Crippen molar-refractivity contribution in [3.05, 3.63) is 33.7 Å². The van der Waals surface area contributed by atoms with Crippen LogP contribution in [0.3, 0.4) is 0 Å². The zero-order valence-corrected chi connectivity index (χ0v) is 10.9. The zero-order valence-electron chi connectivity index (χ0n) is 10.9. The molecule has 0 atom stereocenters. The molecule has 4 nitrogen and oxygen atoms in total. The maximum Gasteiger partial charge on any atom is 0.335 e. The summed E-state index contributed by atoms with van der Waals surface area (Å²) in [6, 6.07) is 2.76. The largest absolute Gasteiger partial charge is 0.478 e.